The number of imide groups is 1. The summed E-state index contributed by atoms with van der Waals surface area (Å²) >= 11 is 0. The zero-order chi connectivity index (χ0) is 23.7. The molecule has 0 bridgehead atoms. The third-order valence-electron chi connectivity index (χ3n) is 5.36. The molecule has 4 rings (SSSR count). The second kappa shape index (κ2) is 8.90. The molecule has 0 saturated heterocycles. The summed E-state index contributed by atoms with van der Waals surface area (Å²) in [5.41, 5.74) is -0.174. The summed E-state index contributed by atoms with van der Waals surface area (Å²) in [7, 11) is 0. The van der Waals surface area contributed by atoms with Gasteiger partial charge in [0.05, 0.1) is 36.4 Å². The molecule has 170 valence electrons. The number of benzene rings is 3. The van der Waals surface area contributed by atoms with Gasteiger partial charge in [-0.15, -0.1) is 0 Å². The summed E-state index contributed by atoms with van der Waals surface area (Å²) in [6, 6.07) is 10.5. The average Bonchev–Trinajstić information content (AvgIpc) is 3.06. The molecule has 1 N–H and O–H groups in total. The quantitative estimate of drug-likeness (QED) is 0.423. The molecule has 3 aromatic carbocycles. The van der Waals surface area contributed by atoms with Crippen LogP contribution in [0.1, 0.15) is 46.5 Å². The molecule has 1 aliphatic heterocycles. The fraction of sp³-hybridized carbons (Fsp3) is 0.240. The second-order valence-corrected chi connectivity index (χ2v) is 7.53. The fourth-order valence-electron chi connectivity index (χ4n) is 3.89. The van der Waals surface area contributed by atoms with Crippen LogP contribution in [0.3, 0.4) is 0 Å². The molecule has 1 heterocycles. The van der Waals surface area contributed by atoms with Gasteiger partial charge in [-0.2, -0.15) is 0 Å². The summed E-state index contributed by atoms with van der Waals surface area (Å²) < 4.78 is 25.4. The Bertz CT molecular complexity index is 1290. The number of hydrogen-bond acceptors (Lipinski definition) is 6. The highest BCUT2D eigenvalue weighted by atomic mass is 19.1. The van der Waals surface area contributed by atoms with Crippen LogP contribution >= 0.6 is 0 Å². The number of halogens is 1. The number of carbonyl (C=O) groups excluding carboxylic acids is 3. The predicted octanol–water partition coefficient (Wildman–Crippen LogP) is 4.38. The monoisotopic (exact) mass is 451 g/mol. The van der Waals surface area contributed by atoms with E-state index in [1.54, 1.807) is 31.2 Å². The topological polar surface area (TPSA) is 93.1 Å². The lowest BCUT2D eigenvalue weighted by molar-refractivity contribution is -0.142. The largest absolute Gasteiger partial charge is 0.506 e. The normalized spacial score (nSPS) is 12.9. The number of phenols is 1. The Balaban J connectivity index is 1.80. The van der Waals surface area contributed by atoms with E-state index in [0.29, 0.717) is 23.8 Å². The Morgan fingerprint density at radius 1 is 1.03 bits per heavy atom. The molecule has 7 nitrogen and oxygen atoms in total. The van der Waals surface area contributed by atoms with Gasteiger partial charge >= 0.3 is 5.97 Å². The van der Waals surface area contributed by atoms with E-state index in [1.165, 1.54) is 12.1 Å². The minimum absolute atomic E-state index is 0.0174. The van der Waals surface area contributed by atoms with Crippen molar-refractivity contribution >= 4 is 34.2 Å². The third kappa shape index (κ3) is 3.77. The van der Waals surface area contributed by atoms with Crippen LogP contribution in [-0.2, 0) is 16.0 Å². The number of anilines is 1. The molecule has 0 aromatic heterocycles. The van der Waals surface area contributed by atoms with E-state index in [0.717, 1.165) is 11.0 Å². The minimum Gasteiger partial charge on any atom is -0.506 e. The Morgan fingerprint density at radius 3 is 2.39 bits per heavy atom. The van der Waals surface area contributed by atoms with Gasteiger partial charge in [0.25, 0.3) is 11.8 Å². The molecular weight excluding hydrogens is 429 g/mol. The number of ether oxygens (including phenoxy) is 2. The number of phenolic OH excluding ortho intramolecular Hbond substituents is 1. The molecule has 2 amide bonds. The van der Waals surface area contributed by atoms with Gasteiger partial charge in [0, 0.05) is 10.8 Å². The molecule has 0 spiro atoms. The summed E-state index contributed by atoms with van der Waals surface area (Å²) in [5, 5.41) is 11.7. The fourth-order valence-corrected chi connectivity index (χ4v) is 3.89. The molecule has 0 unspecified atom stereocenters. The number of amides is 2. The Hall–Kier alpha value is -3.94. The van der Waals surface area contributed by atoms with Gasteiger partial charge in [0.2, 0.25) is 0 Å². The number of aromatic hydroxyl groups is 1. The van der Waals surface area contributed by atoms with Crippen LogP contribution in [-0.4, -0.2) is 36.1 Å². The summed E-state index contributed by atoms with van der Waals surface area (Å²) in [4.78, 5) is 39.1. The van der Waals surface area contributed by atoms with Crippen LogP contribution in [0.2, 0.25) is 0 Å². The van der Waals surface area contributed by atoms with E-state index in [1.807, 2.05) is 6.92 Å². The number of nitrogens with zero attached hydrogens (tertiary/aromatic N) is 1. The van der Waals surface area contributed by atoms with Gasteiger partial charge in [-0.25, -0.2) is 9.29 Å². The first-order chi connectivity index (χ1) is 15.9. The van der Waals surface area contributed by atoms with Crippen LogP contribution < -0.4 is 9.64 Å². The van der Waals surface area contributed by atoms with Crippen molar-refractivity contribution in [3.05, 3.63) is 65.0 Å². The van der Waals surface area contributed by atoms with Crippen LogP contribution in [0.15, 0.2) is 42.5 Å². The SMILES string of the molecule is CCCOc1c2c(c(O)c3ccccc13)C(=O)N(c1ccc(CC(=O)OCC)c(F)c1)C2=O. The van der Waals surface area contributed by atoms with Crippen molar-refractivity contribution in [1.29, 1.82) is 0 Å². The van der Waals surface area contributed by atoms with Crippen molar-refractivity contribution in [3.8, 4) is 11.5 Å². The lowest BCUT2D eigenvalue weighted by atomic mass is 9.99. The second-order valence-electron chi connectivity index (χ2n) is 7.53. The first-order valence-electron chi connectivity index (χ1n) is 10.6. The first-order valence-corrected chi connectivity index (χ1v) is 10.6. The van der Waals surface area contributed by atoms with Crippen molar-refractivity contribution < 1.29 is 33.4 Å². The molecule has 8 heteroatoms. The van der Waals surface area contributed by atoms with Gasteiger partial charge < -0.3 is 14.6 Å². The number of rotatable bonds is 7. The van der Waals surface area contributed by atoms with Crippen molar-refractivity contribution in [2.24, 2.45) is 0 Å². The molecular formula is C25H22FNO6. The molecule has 0 saturated carbocycles. The van der Waals surface area contributed by atoms with Crippen LogP contribution in [0.25, 0.3) is 10.8 Å². The van der Waals surface area contributed by atoms with E-state index in [4.69, 9.17) is 9.47 Å². The number of hydrogen-bond donors (Lipinski definition) is 1. The van der Waals surface area contributed by atoms with Crippen molar-refractivity contribution in [3.63, 3.8) is 0 Å². The average molecular weight is 451 g/mol. The maximum Gasteiger partial charge on any atom is 0.310 e. The van der Waals surface area contributed by atoms with E-state index in [2.05, 4.69) is 0 Å². The Kier molecular flexibility index (Phi) is 6.00. The van der Waals surface area contributed by atoms with Gasteiger partial charge in [-0.1, -0.05) is 37.3 Å². The third-order valence-corrected chi connectivity index (χ3v) is 5.36. The van der Waals surface area contributed by atoms with Gasteiger partial charge in [-0.3, -0.25) is 14.4 Å². The maximum atomic E-state index is 14.7. The van der Waals surface area contributed by atoms with Crippen LogP contribution in [0.4, 0.5) is 10.1 Å². The summed E-state index contributed by atoms with van der Waals surface area (Å²) in [5.74, 6) is -2.96. The van der Waals surface area contributed by atoms with Crippen LogP contribution in [0, 0.1) is 5.82 Å². The van der Waals surface area contributed by atoms with Crippen molar-refractivity contribution in [1.82, 2.24) is 0 Å². The molecule has 0 fully saturated rings. The molecule has 0 radical (unpaired) electrons. The molecule has 0 atom stereocenters. The molecule has 3 aromatic rings. The maximum absolute atomic E-state index is 14.7. The van der Waals surface area contributed by atoms with E-state index in [9.17, 15) is 23.9 Å². The molecule has 33 heavy (non-hydrogen) atoms. The van der Waals surface area contributed by atoms with Crippen molar-refractivity contribution in [2.75, 3.05) is 18.1 Å². The van der Waals surface area contributed by atoms with E-state index in [-0.39, 0.29) is 46.9 Å². The summed E-state index contributed by atoms with van der Waals surface area (Å²) in [6.45, 7) is 4.04. The Labute approximate surface area is 189 Å². The van der Waals surface area contributed by atoms with Crippen molar-refractivity contribution in [2.45, 2.75) is 26.7 Å². The smallest absolute Gasteiger partial charge is 0.310 e. The lowest BCUT2D eigenvalue weighted by Crippen LogP contribution is -2.29. The van der Waals surface area contributed by atoms with E-state index >= 15 is 0 Å². The number of esters is 1. The van der Waals surface area contributed by atoms with Gasteiger partial charge in [-0.05, 0) is 31.0 Å². The zero-order valence-electron chi connectivity index (χ0n) is 18.2. The highest BCUT2D eigenvalue weighted by molar-refractivity contribution is 6.38. The molecule has 1 aliphatic rings. The number of carbonyl (C=O) groups is 3. The highest BCUT2D eigenvalue weighted by Gasteiger charge is 2.43. The Morgan fingerprint density at radius 2 is 1.73 bits per heavy atom. The molecule has 0 aliphatic carbocycles. The zero-order valence-corrected chi connectivity index (χ0v) is 18.2. The van der Waals surface area contributed by atoms with Gasteiger partial charge in [0.1, 0.15) is 17.3 Å². The van der Waals surface area contributed by atoms with Gasteiger partial charge in [0.15, 0.2) is 0 Å². The van der Waals surface area contributed by atoms with Crippen LogP contribution in [0.5, 0.6) is 11.5 Å². The van der Waals surface area contributed by atoms with E-state index < -0.39 is 23.6 Å². The minimum atomic E-state index is -0.780. The predicted molar refractivity (Wildman–Crippen MR) is 119 cm³/mol. The standard InChI is InChI=1S/C25H22FNO6/c1-3-11-33-23-17-8-6-5-7-16(17)22(29)20-21(23)25(31)27(24(20)30)15-10-9-14(18(26)13-15)12-19(28)32-4-2/h5-10,13,29H,3-4,11-12H2,1-2H3. The number of fused-ring (bicyclic) bond motifs is 2. The lowest BCUT2D eigenvalue weighted by Gasteiger charge is -2.15. The first kappa shape index (κ1) is 22.3. The highest BCUT2D eigenvalue weighted by Crippen LogP contribution is 2.45. The summed E-state index contributed by atoms with van der Waals surface area (Å²) in [6.07, 6.45) is 0.395.